The van der Waals surface area contributed by atoms with Gasteiger partial charge in [0.15, 0.2) is 16.3 Å². The van der Waals surface area contributed by atoms with E-state index in [0.29, 0.717) is 5.56 Å². The minimum absolute atomic E-state index is 0. The van der Waals surface area contributed by atoms with Gasteiger partial charge in [-0.05, 0) is 12.1 Å². The van der Waals surface area contributed by atoms with Gasteiger partial charge in [0.1, 0.15) is 0 Å². The van der Waals surface area contributed by atoms with Crippen molar-refractivity contribution in [1.29, 1.82) is 0 Å². The van der Waals surface area contributed by atoms with Crippen LogP contribution >= 0.6 is 16.3 Å². The van der Waals surface area contributed by atoms with Crippen molar-refractivity contribution in [2.75, 3.05) is 0 Å². The molecule has 1 aromatic carbocycles. The molecule has 1 aromatic rings. The summed E-state index contributed by atoms with van der Waals surface area (Å²) < 4.78 is 4.31. The molecular formula is C7H5BrO2Zn. The van der Waals surface area contributed by atoms with E-state index in [1.807, 2.05) is 6.07 Å². The summed E-state index contributed by atoms with van der Waals surface area (Å²) in [6.45, 7) is 0. The number of carbonyl (C=O) groups excluding carboxylic acids is 1. The number of rotatable bonds is 1. The summed E-state index contributed by atoms with van der Waals surface area (Å²) in [4.78, 5) is 10.7. The Kier molecular flexibility index (Phi) is 5.34. The van der Waals surface area contributed by atoms with Crippen molar-refractivity contribution in [3.63, 3.8) is 0 Å². The van der Waals surface area contributed by atoms with Gasteiger partial charge in [0.05, 0.1) is 5.56 Å². The fourth-order valence-electron chi connectivity index (χ4n) is 0.619. The van der Waals surface area contributed by atoms with Gasteiger partial charge >= 0.3 is 5.97 Å². The number of hydrogen-bond donors (Lipinski definition) is 0. The molecule has 0 aliphatic rings. The van der Waals surface area contributed by atoms with Gasteiger partial charge in [-0.15, -0.1) is 0 Å². The Hall–Kier alpha value is -0.207. The maximum atomic E-state index is 10.7. The average molecular weight is 266 g/mol. The molecular weight excluding hydrogens is 261 g/mol. The van der Waals surface area contributed by atoms with Crippen LogP contribution in [0.1, 0.15) is 10.4 Å². The molecule has 0 radical (unpaired) electrons. The van der Waals surface area contributed by atoms with E-state index < -0.39 is 0 Å². The SMILES string of the molecule is O=C(OBr)c1ccccc1.[Zn]. The van der Waals surface area contributed by atoms with Gasteiger partial charge < -0.3 is 3.83 Å². The standard InChI is InChI=1S/C7H5BrO2.Zn/c8-10-7(9)6-4-2-1-3-5-6;/h1-5H;. The van der Waals surface area contributed by atoms with Gasteiger partial charge in [0, 0.05) is 19.5 Å². The van der Waals surface area contributed by atoms with Crippen LogP contribution in [0.15, 0.2) is 30.3 Å². The van der Waals surface area contributed by atoms with Crippen molar-refractivity contribution in [3.05, 3.63) is 35.9 Å². The first-order chi connectivity index (χ1) is 4.84. The van der Waals surface area contributed by atoms with Crippen molar-refractivity contribution in [1.82, 2.24) is 0 Å². The molecule has 0 spiro atoms. The van der Waals surface area contributed by atoms with E-state index in [4.69, 9.17) is 0 Å². The fraction of sp³-hybridized carbons (Fsp3) is 0. The zero-order valence-corrected chi connectivity index (χ0v) is 10.3. The first kappa shape index (κ1) is 10.8. The van der Waals surface area contributed by atoms with E-state index in [0.717, 1.165) is 0 Å². The fourth-order valence-corrected chi connectivity index (χ4v) is 0.806. The van der Waals surface area contributed by atoms with Gasteiger partial charge in [0.25, 0.3) is 0 Å². The molecule has 0 aliphatic carbocycles. The minimum Gasteiger partial charge on any atom is -0.380 e. The summed E-state index contributed by atoms with van der Waals surface area (Å²) in [6.07, 6.45) is 0. The third-order valence-electron chi connectivity index (χ3n) is 1.08. The van der Waals surface area contributed by atoms with Crippen LogP contribution in [0.5, 0.6) is 0 Å². The minimum atomic E-state index is -0.374. The predicted molar refractivity (Wildman–Crippen MR) is 40.8 cm³/mol. The van der Waals surface area contributed by atoms with Crippen molar-refractivity contribution >= 4 is 22.2 Å². The van der Waals surface area contributed by atoms with Gasteiger partial charge in [0.2, 0.25) is 0 Å². The second-order valence-electron chi connectivity index (χ2n) is 1.73. The summed E-state index contributed by atoms with van der Waals surface area (Å²) in [5.41, 5.74) is 0.541. The molecule has 1 rings (SSSR count). The zero-order valence-electron chi connectivity index (χ0n) is 5.79. The summed E-state index contributed by atoms with van der Waals surface area (Å²) in [5.74, 6) is -0.374. The number of carbonyl (C=O) groups is 1. The van der Waals surface area contributed by atoms with E-state index >= 15 is 0 Å². The Morgan fingerprint density at radius 2 is 1.82 bits per heavy atom. The molecule has 4 heteroatoms. The summed E-state index contributed by atoms with van der Waals surface area (Å²) in [7, 11) is 0. The van der Waals surface area contributed by atoms with Crippen LogP contribution in [-0.4, -0.2) is 5.97 Å². The maximum Gasteiger partial charge on any atom is 0.349 e. The van der Waals surface area contributed by atoms with Gasteiger partial charge in [-0.2, -0.15) is 0 Å². The van der Waals surface area contributed by atoms with Crippen LogP contribution in [0, 0.1) is 0 Å². The second kappa shape index (κ2) is 5.44. The monoisotopic (exact) mass is 264 g/mol. The third kappa shape index (κ3) is 3.13. The van der Waals surface area contributed by atoms with E-state index in [1.165, 1.54) is 0 Å². The average Bonchev–Trinajstić information content (AvgIpc) is 2.05. The molecule has 0 fully saturated rings. The van der Waals surface area contributed by atoms with E-state index in [-0.39, 0.29) is 25.4 Å². The zero-order chi connectivity index (χ0) is 7.40. The maximum absolute atomic E-state index is 10.7. The van der Waals surface area contributed by atoms with E-state index in [1.54, 1.807) is 24.3 Å². The second-order valence-corrected chi connectivity index (χ2v) is 2.05. The van der Waals surface area contributed by atoms with Crippen molar-refractivity contribution in [2.45, 2.75) is 0 Å². The van der Waals surface area contributed by atoms with Crippen LogP contribution in [0.3, 0.4) is 0 Å². The van der Waals surface area contributed by atoms with Gasteiger partial charge in [-0.25, -0.2) is 4.79 Å². The Labute approximate surface area is 86.1 Å². The van der Waals surface area contributed by atoms with Crippen LogP contribution in [-0.2, 0) is 23.3 Å². The molecule has 2 nitrogen and oxygen atoms in total. The van der Waals surface area contributed by atoms with Crippen LogP contribution in [0.2, 0.25) is 0 Å². The normalized spacial score (nSPS) is 8.09. The Morgan fingerprint density at radius 1 is 1.27 bits per heavy atom. The van der Waals surface area contributed by atoms with E-state index in [2.05, 4.69) is 20.1 Å². The van der Waals surface area contributed by atoms with Gasteiger partial charge in [-0.1, -0.05) is 18.2 Å². The first-order valence-electron chi connectivity index (χ1n) is 2.72. The number of hydrogen-bond acceptors (Lipinski definition) is 2. The largest absolute Gasteiger partial charge is 0.380 e. The first-order valence-corrected chi connectivity index (χ1v) is 3.37. The topological polar surface area (TPSA) is 26.3 Å². The molecule has 54 valence electrons. The Balaban J connectivity index is 0.000001000. The Morgan fingerprint density at radius 3 is 2.27 bits per heavy atom. The molecule has 0 bridgehead atoms. The number of halogens is 1. The summed E-state index contributed by atoms with van der Waals surface area (Å²) >= 11 is 2.60. The van der Waals surface area contributed by atoms with Crippen LogP contribution in [0.4, 0.5) is 0 Å². The van der Waals surface area contributed by atoms with Crippen LogP contribution < -0.4 is 0 Å². The van der Waals surface area contributed by atoms with E-state index in [9.17, 15) is 4.79 Å². The van der Waals surface area contributed by atoms with Crippen LogP contribution in [0.25, 0.3) is 0 Å². The third-order valence-corrected chi connectivity index (χ3v) is 1.37. The van der Waals surface area contributed by atoms with Gasteiger partial charge in [-0.3, -0.25) is 0 Å². The molecule has 0 unspecified atom stereocenters. The summed E-state index contributed by atoms with van der Waals surface area (Å²) in [5, 5.41) is 0. The molecule has 0 atom stereocenters. The molecule has 0 saturated carbocycles. The molecule has 0 aromatic heterocycles. The predicted octanol–water partition coefficient (Wildman–Crippen LogP) is 2.15. The molecule has 0 heterocycles. The van der Waals surface area contributed by atoms with Crippen molar-refractivity contribution in [3.8, 4) is 0 Å². The quantitative estimate of drug-likeness (QED) is 0.728. The molecule has 0 N–H and O–H groups in total. The smallest absolute Gasteiger partial charge is 0.349 e. The number of benzene rings is 1. The molecule has 0 amide bonds. The molecule has 11 heavy (non-hydrogen) atoms. The Bertz CT molecular complexity index is 225. The summed E-state index contributed by atoms with van der Waals surface area (Å²) in [6, 6.07) is 8.76. The van der Waals surface area contributed by atoms with Crippen molar-refractivity contribution in [2.24, 2.45) is 0 Å². The molecule has 0 aliphatic heterocycles. The van der Waals surface area contributed by atoms with Crippen molar-refractivity contribution < 1.29 is 28.1 Å². The molecule has 0 saturated heterocycles.